The van der Waals surface area contributed by atoms with Gasteiger partial charge in [-0.1, -0.05) is 6.07 Å². The molecule has 0 amide bonds. The van der Waals surface area contributed by atoms with E-state index in [1.807, 2.05) is 11.3 Å². The summed E-state index contributed by atoms with van der Waals surface area (Å²) in [5.41, 5.74) is 0. The number of hydrogen-bond acceptors (Lipinski definition) is 3. The van der Waals surface area contributed by atoms with Gasteiger partial charge < -0.3 is 15.1 Å². The topological polar surface area (TPSA) is 30.9 Å². The van der Waals surface area contributed by atoms with Crippen LogP contribution in [0.25, 0.3) is 0 Å². The maximum atomic E-state index is 4.85. The Labute approximate surface area is 145 Å². The molecule has 2 rings (SSSR count). The number of aliphatic imine (C=N–C) groups is 1. The summed E-state index contributed by atoms with van der Waals surface area (Å²) in [5.74, 6) is 1.91. The minimum atomic E-state index is 0.856. The normalized spacial score (nSPS) is 17.4. The van der Waals surface area contributed by atoms with Crippen molar-refractivity contribution in [2.75, 3.05) is 46.8 Å². The monoisotopic (exact) mass is 336 g/mol. The first-order valence-electron chi connectivity index (χ1n) is 8.89. The molecule has 1 N–H and O–H groups in total. The molecule has 0 atom stereocenters. The van der Waals surface area contributed by atoms with E-state index in [1.165, 1.54) is 37.2 Å². The van der Waals surface area contributed by atoms with E-state index < -0.39 is 0 Å². The standard InChI is InChI=1S/C18H32N4S/c1-4-19-18(22(3)14-10-17-6-5-15-23-17)20-11-7-16-8-12-21(2)13-9-16/h5-6,15-16H,4,7-14H2,1-3H3,(H,19,20). The number of thiophene rings is 1. The summed E-state index contributed by atoms with van der Waals surface area (Å²) >= 11 is 1.84. The molecule has 1 aromatic rings. The van der Waals surface area contributed by atoms with Gasteiger partial charge in [0.05, 0.1) is 0 Å². The van der Waals surface area contributed by atoms with Gasteiger partial charge in [0.2, 0.25) is 0 Å². The number of piperidine rings is 1. The largest absolute Gasteiger partial charge is 0.357 e. The number of likely N-dealkylation sites (tertiary alicyclic amines) is 1. The van der Waals surface area contributed by atoms with E-state index in [-0.39, 0.29) is 0 Å². The summed E-state index contributed by atoms with van der Waals surface area (Å²) in [6.07, 6.45) is 4.97. The van der Waals surface area contributed by atoms with Crippen molar-refractivity contribution in [3.05, 3.63) is 22.4 Å². The zero-order chi connectivity index (χ0) is 16.5. The fourth-order valence-electron chi connectivity index (χ4n) is 3.01. The fourth-order valence-corrected chi connectivity index (χ4v) is 3.71. The predicted molar refractivity (Wildman–Crippen MR) is 101 cm³/mol. The zero-order valence-corrected chi connectivity index (χ0v) is 15.7. The molecule has 5 heteroatoms. The first-order chi connectivity index (χ1) is 11.2. The van der Waals surface area contributed by atoms with Crippen molar-refractivity contribution in [3.63, 3.8) is 0 Å². The highest BCUT2D eigenvalue weighted by atomic mass is 32.1. The van der Waals surface area contributed by atoms with Crippen LogP contribution in [0, 0.1) is 5.92 Å². The maximum Gasteiger partial charge on any atom is 0.193 e. The minimum Gasteiger partial charge on any atom is -0.357 e. The smallest absolute Gasteiger partial charge is 0.193 e. The molecule has 4 nitrogen and oxygen atoms in total. The van der Waals surface area contributed by atoms with E-state index in [0.29, 0.717) is 0 Å². The fraction of sp³-hybridized carbons (Fsp3) is 0.722. The highest BCUT2D eigenvalue weighted by Crippen LogP contribution is 2.19. The zero-order valence-electron chi connectivity index (χ0n) is 14.9. The number of nitrogens with one attached hydrogen (secondary N) is 1. The first-order valence-corrected chi connectivity index (χ1v) is 9.77. The average molecular weight is 337 g/mol. The van der Waals surface area contributed by atoms with Gasteiger partial charge in [-0.15, -0.1) is 11.3 Å². The van der Waals surface area contributed by atoms with Crippen LogP contribution in [0.5, 0.6) is 0 Å². The van der Waals surface area contributed by atoms with Gasteiger partial charge >= 0.3 is 0 Å². The third kappa shape index (κ3) is 6.51. The Morgan fingerprint density at radius 2 is 2.22 bits per heavy atom. The lowest BCUT2D eigenvalue weighted by Gasteiger charge is -2.28. The molecule has 1 aromatic heterocycles. The molecule has 1 aliphatic heterocycles. The molecule has 0 saturated carbocycles. The Balaban J connectivity index is 1.76. The molecule has 0 aliphatic carbocycles. The number of nitrogens with zero attached hydrogens (tertiary/aromatic N) is 3. The molecule has 0 aromatic carbocycles. The van der Waals surface area contributed by atoms with Gasteiger partial charge in [0.1, 0.15) is 0 Å². The van der Waals surface area contributed by atoms with Crippen LogP contribution in [-0.4, -0.2) is 62.6 Å². The predicted octanol–water partition coefficient (Wildman–Crippen LogP) is 2.92. The number of guanidine groups is 1. The third-order valence-electron chi connectivity index (χ3n) is 4.61. The second-order valence-electron chi connectivity index (χ2n) is 6.52. The molecule has 0 unspecified atom stereocenters. The van der Waals surface area contributed by atoms with Gasteiger partial charge in [-0.05, 0) is 70.1 Å². The Morgan fingerprint density at radius 1 is 1.43 bits per heavy atom. The van der Waals surface area contributed by atoms with E-state index in [2.05, 4.69) is 53.6 Å². The molecule has 1 saturated heterocycles. The van der Waals surface area contributed by atoms with E-state index in [9.17, 15) is 0 Å². The third-order valence-corrected chi connectivity index (χ3v) is 5.54. The molecule has 0 radical (unpaired) electrons. The minimum absolute atomic E-state index is 0.856. The average Bonchev–Trinajstić information content (AvgIpc) is 3.07. The van der Waals surface area contributed by atoms with E-state index in [4.69, 9.17) is 4.99 Å². The van der Waals surface area contributed by atoms with Crippen LogP contribution in [0.3, 0.4) is 0 Å². The maximum absolute atomic E-state index is 4.85. The second-order valence-corrected chi connectivity index (χ2v) is 7.55. The van der Waals surface area contributed by atoms with Crippen molar-refractivity contribution in [2.24, 2.45) is 10.9 Å². The van der Waals surface area contributed by atoms with E-state index in [0.717, 1.165) is 37.9 Å². The summed E-state index contributed by atoms with van der Waals surface area (Å²) in [5, 5.41) is 5.58. The van der Waals surface area contributed by atoms with Crippen molar-refractivity contribution in [1.29, 1.82) is 0 Å². The van der Waals surface area contributed by atoms with Crippen LogP contribution in [0.1, 0.15) is 31.1 Å². The van der Waals surface area contributed by atoms with E-state index in [1.54, 1.807) is 0 Å². The van der Waals surface area contributed by atoms with Gasteiger partial charge in [0, 0.05) is 31.6 Å². The molecule has 0 spiro atoms. The Morgan fingerprint density at radius 3 is 2.87 bits per heavy atom. The molecule has 0 bridgehead atoms. The van der Waals surface area contributed by atoms with Crippen LogP contribution in [0.15, 0.2) is 22.5 Å². The molecular formula is C18H32N4S. The highest BCUT2D eigenvalue weighted by Gasteiger charge is 2.16. The van der Waals surface area contributed by atoms with Crippen molar-refractivity contribution >= 4 is 17.3 Å². The lowest BCUT2D eigenvalue weighted by atomic mass is 9.94. The number of hydrogen-bond donors (Lipinski definition) is 1. The number of likely N-dealkylation sites (N-methyl/N-ethyl adjacent to an activating group) is 1. The van der Waals surface area contributed by atoms with Gasteiger partial charge in [0.25, 0.3) is 0 Å². The van der Waals surface area contributed by atoms with Gasteiger partial charge in [-0.25, -0.2) is 0 Å². The summed E-state index contributed by atoms with van der Waals surface area (Å²) in [7, 11) is 4.37. The van der Waals surface area contributed by atoms with Crippen LogP contribution in [-0.2, 0) is 6.42 Å². The SMILES string of the molecule is CCNC(=NCCC1CCN(C)CC1)N(C)CCc1cccs1. The molecular weight excluding hydrogens is 304 g/mol. The van der Waals surface area contributed by atoms with Crippen LogP contribution in [0.4, 0.5) is 0 Å². The molecule has 2 heterocycles. The van der Waals surface area contributed by atoms with Crippen molar-refractivity contribution < 1.29 is 0 Å². The molecule has 1 fully saturated rings. The quantitative estimate of drug-likeness (QED) is 0.613. The van der Waals surface area contributed by atoms with Crippen molar-refractivity contribution in [3.8, 4) is 0 Å². The van der Waals surface area contributed by atoms with Gasteiger partial charge in [-0.2, -0.15) is 0 Å². The van der Waals surface area contributed by atoms with Crippen LogP contribution < -0.4 is 5.32 Å². The van der Waals surface area contributed by atoms with Crippen LogP contribution >= 0.6 is 11.3 Å². The highest BCUT2D eigenvalue weighted by molar-refractivity contribution is 7.09. The summed E-state index contributed by atoms with van der Waals surface area (Å²) in [6.45, 7) is 7.51. The Bertz CT molecular complexity index is 450. The van der Waals surface area contributed by atoms with E-state index >= 15 is 0 Å². The summed E-state index contributed by atoms with van der Waals surface area (Å²) < 4.78 is 0. The van der Waals surface area contributed by atoms with Gasteiger partial charge in [0.15, 0.2) is 5.96 Å². The van der Waals surface area contributed by atoms with Gasteiger partial charge in [-0.3, -0.25) is 4.99 Å². The van der Waals surface area contributed by atoms with Crippen LogP contribution in [0.2, 0.25) is 0 Å². The summed E-state index contributed by atoms with van der Waals surface area (Å²) in [4.78, 5) is 11.0. The molecule has 130 valence electrons. The lowest BCUT2D eigenvalue weighted by Crippen LogP contribution is -2.40. The Kier molecular flexibility index (Phi) is 7.89. The lowest BCUT2D eigenvalue weighted by molar-refractivity contribution is 0.214. The Hall–Kier alpha value is -1.07. The summed E-state index contributed by atoms with van der Waals surface area (Å²) in [6, 6.07) is 4.34. The number of rotatable bonds is 7. The first kappa shape index (κ1) is 18.3. The second kappa shape index (κ2) is 9.93. The molecule has 1 aliphatic rings. The van der Waals surface area contributed by atoms with Crippen molar-refractivity contribution in [2.45, 2.75) is 32.6 Å². The molecule has 23 heavy (non-hydrogen) atoms. The van der Waals surface area contributed by atoms with Crippen molar-refractivity contribution in [1.82, 2.24) is 15.1 Å².